The highest BCUT2D eigenvalue weighted by Crippen LogP contribution is 2.34. The van der Waals surface area contributed by atoms with Gasteiger partial charge in [0.15, 0.2) is 6.29 Å². The van der Waals surface area contributed by atoms with Crippen LogP contribution in [0.5, 0.6) is 0 Å². The molecule has 1 aromatic carbocycles. The number of hydrogen-bond donors (Lipinski definition) is 1. The number of fused-ring (bicyclic) bond motifs is 1. The second-order valence-corrected chi connectivity index (χ2v) is 4.11. The first-order valence-corrected chi connectivity index (χ1v) is 4.86. The molecule has 3 nitrogen and oxygen atoms in total. The summed E-state index contributed by atoms with van der Waals surface area (Å²) in [6, 6.07) is 6.51. The van der Waals surface area contributed by atoms with Crippen LogP contribution in [0.4, 0.5) is 11.4 Å². The van der Waals surface area contributed by atoms with Gasteiger partial charge in [-0.1, -0.05) is 6.07 Å². The normalized spacial score (nSPS) is 19.8. The molecule has 1 heterocycles. The summed E-state index contributed by atoms with van der Waals surface area (Å²) in [5.74, 6) is 0. The minimum Gasteiger partial charge on any atom is -0.351 e. The molecule has 2 rings (SSSR count). The standard InChI is InChI=1S/C11H17N3/c1-8-5-6-10-9(7-8)12-11(13(2)3)14(10)4/h5-7,11-12H,1-4H3. The lowest BCUT2D eigenvalue weighted by molar-refractivity contribution is 0.328. The van der Waals surface area contributed by atoms with Crippen LogP contribution in [0.3, 0.4) is 0 Å². The fourth-order valence-corrected chi connectivity index (χ4v) is 1.92. The van der Waals surface area contributed by atoms with Gasteiger partial charge in [-0.15, -0.1) is 0 Å². The average Bonchev–Trinajstić information content (AvgIpc) is 2.43. The van der Waals surface area contributed by atoms with Crippen molar-refractivity contribution in [1.29, 1.82) is 0 Å². The third kappa shape index (κ3) is 1.34. The zero-order valence-electron chi connectivity index (χ0n) is 9.20. The second kappa shape index (κ2) is 3.17. The van der Waals surface area contributed by atoms with Crippen LogP contribution in [0, 0.1) is 6.92 Å². The summed E-state index contributed by atoms with van der Waals surface area (Å²) in [6.45, 7) is 2.12. The lowest BCUT2D eigenvalue weighted by Crippen LogP contribution is -2.44. The second-order valence-electron chi connectivity index (χ2n) is 4.11. The van der Waals surface area contributed by atoms with E-state index in [-0.39, 0.29) is 6.29 Å². The van der Waals surface area contributed by atoms with Gasteiger partial charge in [0.1, 0.15) is 0 Å². The lowest BCUT2D eigenvalue weighted by atomic mass is 10.2. The fourth-order valence-electron chi connectivity index (χ4n) is 1.92. The van der Waals surface area contributed by atoms with Gasteiger partial charge in [0.2, 0.25) is 0 Å². The molecule has 0 aliphatic carbocycles. The van der Waals surface area contributed by atoms with E-state index >= 15 is 0 Å². The Bertz CT molecular complexity index is 346. The van der Waals surface area contributed by atoms with Crippen LogP contribution in [0.25, 0.3) is 0 Å². The largest absolute Gasteiger partial charge is 0.351 e. The summed E-state index contributed by atoms with van der Waals surface area (Å²) in [7, 11) is 6.26. The first-order valence-electron chi connectivity index (χ1n) is 4.86. The van der Waals surface area contributed by atoms with Crippen LogP contribution >= 0.6 is 0 Å². The van der Waals surface area contributed by atoms with Crippen molar-refractivity contribution in [3.05, 3.63) is 23.8 Å². The SMILES string of the molecule is Cc1ccc2c(c1)NC(N(C)C)N2C. The Morgan fingerprint density at radius 3 is 2.71 bits per heavy atom. The van der Waals surface area contributed by atoms with E-state index in [9.17, 15) is 0 Å². The molecule has 1 aliphatic heterocycles. The van der Waals surface area contributed by atoms with Crippen molar-refractivity contribution in [2.24, 2.45) is 0 Å². The molecule has 76 valence electrons. The average molecular weight is 191 g/mol. The van der Waals surface area contributed by atoms with E-state index in [2.05, 4.69) is 61.4 Å². The van der Waals surface area contributed by atoms with Crippen LogP contribution in [0.15, 0.2) is 18.2 Å². The first-order chi connectivity index (χ1) is 6.59. The monoisotopic (exact) mass is 191 g/mol. The molecule has 1 aromatic rings. The van der Waals surface area contributed by atoms with Crippen LogP contribution < -0.4 is 10.2 Å². The van der Waals surface area contributed by atoms with Crippen LogP contribution in [0.1, 0.15) is 5.56 Å². The van der Waals surface area contributed by atoms with Gasteiger partial charge in [-0.25, -0.2) is 0 Å². The van der Waals surface area contributed by atoms with E-state index in [4.69, 9.17) is 0 Å². The molecule has 0 fully saturated rings. The Morgan fingerprint density at radius 2 is 2.07 bits per heavy atom. The van der Waals surface area contributed by atoms with Crippen molar-refractivity contribution in [2.45, 2.75) is 13.2 Å². The van der Waals surface area contributed by atoms with Gasteiger partial charge in [0.05, 0.1) is 11.4 Å². The third-order valence-corrected chi connectivity index (χ3v) is 2.67. The number of nitrogens with zero attached hydrogens (tertiary/aromatic N) is 2. The van der Waals surface area contributed by atoms with E-state index in [1.54, 1.807) is 0 Å². The Morgan fingerprint density at radius 1 is 1.36 bits per heavy atom. The van der Waals surface area contributed by atoms with Crippen LogP contribution in [-0.4, -0.2) is 32.3 Å². The van der Waals surface area contributed by atoms with Crippen molar-refractivity contribution in [2.75, 3.05) is 31.4 Å². The maximum absolute atomic E-state index is 3.48. The van der Waals surface area contributed by atoms with Gasteiger partial charge in [-0.2, -0.15) is 0 Å². The summed E-state index contributed by atoms with van der Waals surface area (Å²) in [5, 5.41) is 3.48. The Kier molecular flexibility index (Phi) is 2.11. The van der Waals surface area contributed by atoms with Crippen LogP contribution in [-0.2, 0) is 0 Å². The molecule has 0 bridgehead atoms. The molecule has 0 radical (unpaired) electrons. The molecule has 1 N–H and O–H groups in total. The number of rotatable bonds is 1. The Hall–Kier alpha value is -1.22. The minimum atomic E-state index is 0.270. The van der Waals surface area contributed by atoms with Crippen molar-refractivity contribution < 1.29 is 0 Å². The summed E-state index contributed by atoms with van der Waals surface area (Å²) in [5.41, 5.74) is 3.80. The highest BCUT2D eigenvalue weighted by Gasteiger charge is 2.26. The number of nitrogens with one attached hydrogen (secondary N) is 1. The molecule has 1 unspecified atom stereocenters. The van der Waals surface area contributed by atoms with Crippen molar-refractivity contribution >= 4 is 11.4 Å². The number of anilines is 2. The van der Waals surface area contributed by atoms with Crippen molar-refractivity contribution in [3.8, 4) is 0 Å². The number of benzene rings is 1. The molecule has 0 spiro atoms. The summed E-state index contributed by atoms with van der Waals surface area (Å²) >= 11 is 0. The molecule has 1 aliphatic rings. The highest BCUT2D eigenvalue weighted by molar-refractivity contribution is 5.76. The van der Waals surface area contributed by atoms with E-state index < -0.39 is 0 Å². The molecule has 0 saturated heterocycles. The molecular weight excluding hydrogens is 174 g/mol. The fraction of sp³-hybridized carbons (Fsp3) is 0.455. The Labute approximate surface area is 85.3 Å². The van der Waals surface area contributed by atoms with Crippen LogP contribution in [0.2, 0.25) is 0 Å². The summed E-state index contributed by atoms with van der Waals surface area (Å²) in [6.07, 6.45) is 0.270. The quantitative estimate of drug-likeness (QED) is 0.729. The molecule has 0 saturated carbocycles. The number of hydrogen-bond acceptors (Lipinski definition) is 3. The maximum atomic E-state index is 3.48. The predicted octanol–water partition coefficient (Wildman–Crippen LogP) is 1.70. The molecule has 1 atom stereocenters. The molecular formula is C11H17N3. The van der Waals surface area contributed by atoms with E-state index in [0.29, 0.717) is 0 Å². The third-order valence-electron chi connectivity index (χ3n) is 2.67. The van der Waals surface area contributed by atoms with Gasteiger partial charge >= 0.3 is 0 Å². The van der Waals surface area contributed by atoms with Gasteiger partial charge in [0, 0.05) is 7.05 Å². The number of aryl methyl sites for hydroxylation is 1. The molecule has 0 amide bonds. The lowest BCUT2D eigenvalue weighted by Gasteiger charge is -2.27. The maximum Gasteiger partial charge on any atom is 0.157 e. The topological polar surface area (TPSA) is 18.5 Å². The molecule has 0 aromatic heterocycles. The van der Waals surface area contributed by atoms with Gasteiger partial charge < -0.3 is 10.2 Å². The minimum absolute atomic E-state index is 0.270. The van der Waals surface area contributed by atoms with E-state index in [1.807, 2.05) is 0 Å². The van der Waals surface area contributed by atoms with Gasteiger partial charge in [0.25, 0.3) is 0 Å². The van der Waals surface area contributed by atoms with E-state index in [1.165, 1.54) is 16.9 Å². The zero-order chi connectivity index (χ0) is 10.3. The summed E-state index contributed by atoms with van der Waals surface area (Å²) in [4.78, 5) is 4.41. The van der Waals surface area contributed by atoms with Crippen molar-refractivity contribution in [1.82, 2.24) is 4.90 Å². The van der Waals surface area contributed by atoms with Crippen molar-refractivity contribution in [3.63, 3.8) is 0 Å². The predicted molar refractivity (Wildman–Crippen MR) is 60.7 cm³/mol. The first kappa shape index (κ1) is 9.34. The summed E-state index contributed by atoms with van der Waals surface area (Å²) < 4.78 is 0. The van der Waals surface area contributed by atoms with Gasteiger partial charge in [-0.3, -0.25) is 4.90 Å². The Balaban J connectivity index is 2.35. The highest BCUT2D eigenvalue weighted by atomic mass is 15.5. The zero-order valence-corrected chi connectivity index (χ0v) is 9.20. The smallest absolute Gasteiger partial charge is 0.157 e. The van der Waals surface area contributed by atoms with Gasteiger partial charge in [-0.05, 0) is 38.7 Å². The molecule has 3 heteroatoms. The molecule has 14 heavy (non-hydrogen) atoms. The van der Waals surface area contributed by atoms with E-state index in [0.717, 1.165) is 0 Å².